The average molecular weight is 231 g/mol. The van der Waals surface area contributed by atoms with Crippen molar-refractivity contribution in [2.75, 3.05) is 6.54 Å². The van der Waals surface area contributed by atoms with Crippen LogP contribution in [0.3, 0.4) is 0 Å². The molecular formula is C12H16F3N. The summed E-state index contributed by atoms with van der Waals surface area (Å²) in [4.78, 5) is 0. The van der Waals surface area contributed by atoms with Crippen molar-refractivity contribution in [3.63, 3.8) is 0 Å². The average Bonchev–Trinajstić information content (AvgIpc) is 2.16. The first-order valence-electron chi connectivity index (χ1n) is 5.28. The predicted octanol–water partition coefficient (Wildman–Crippen LogP) is 3.24. The quantitative estimate of drug-likeness (QED) is 0.845. The molecule has 0 heterocycles. The van der Waals surface area contributed by atoms with Gasteiger partial charge in [-0.1, -0.05) is 31.2 Å². The van der Waals surface area contributed by atoms with E-state index in [2.05, 4.69) is 0 Å². The van der Waals surface area contributed by atoms with Crippen LogP contribution >= 0.6 is 0 Å². The maximum absolute atomic E-state index is 12.3. The Hall–Kier alpha value is -1.03. The number of alkyl halides is 3. The van der Waals surface area contributed by atoms with Crippen LogP contribution in [0.25, 0.3) is 0 Å². The Morgan fingerprint density at radius 1 is 1.25 bits per heavy atom. The molecule has 0 radical (unpaired) electrons. The Balaban J connectivity index is 2.91. The molecule has 0 saturated carbocycles. The van der Waals surface area contributed by atoms with Gasteiger partial charge in [-0.25, -0.2) is 0 Å². The van der Waals surface area contributed by atoms with Gasteiger partial charge in [0.05, 0.1) is 6.42 Å². The third-order valence-corrected chi connectivity index (χ3v) is 2.58. The molecule has 1 aromatic carbocycles. The number of hydrogen-bond donors (Lipinski definition) is 1. The van der Waals surface area contributed by atoms with E-state index in [-0.39, 0.29) is 5.92 Å². The summed E-state index contributed by atoms with van der Waals surface area (Å²) >= 11 is 0. The van der Waals surface area contributed by atoms with Gasteiger partial charge in [0.25, 0.3) is 0 Å². The molecule has 2 N–H and O–H groups in total. The van der Waals surface area contributed by atoms with E-state index in [4.69, 9.17) is 5.73 Å². The molecule has 0 bridgehead atoms. The Labute approximate surface area is 93.5 Å². The summed E-state index contributed by atoms with van der Waals surface area (Å²) in [6, 6.07) is 6.69. The monoisotopic (exact) mass is 231 g/mol. The highest BCUT2D eigenvalue weighted by molar-refractivity contribution is 5.30. The van der Waals surface area contributed by atoms with Gasteiger partial charge in [-0.3, -0.25) is 0 Å². The van der Waals surface area contributed by atoms with Crippen molar-refractivity contribution < 1.29 is 13.2 Å². The van der Waals surface area contributed by atoms with Gasteiger partial charge in [0.2, 0.25) is 0 Å². The zero-order valence-corrected chi connectivity index (χ0v) is 9.22. The zero-order valence-electron chi connectivity index (χ0n) is 9.22. The molecule has 0 spiro atoms. The van der Waals surface area contributed by atoms with Crippen LogP contribution in [0.1, 0.15) is 30.4 Å². The second-order valence-electron chi connectivity index (χ2n) is 3.97. The van der Waals surface area contributed by atoms with Gasteiger partial charge < -0.3 is 5.73 Å². The van der Waals surface area contributed by atoms with Crippen molar-refractivity contribution >= 4 is 0 Å². The van der Waals surface area contributed by atoms with E-state index in [1.807, 2.05) is 6.92 Å². The van der Waals surface area contributed by atoms with E-state index >= 15 is 0 Å². The zero-order chi connectivity index (χ0) is 12.2. The van der Waals surface area contributed by atoms with E-state index < -0.39 is 12.6 Å². The smallest absolute Gasteiger partial charge is 0.330 e. The summed E-state index contributed by atoms with van der Waals surface area (Å²) in [5.74, 6) is 0.0727. The fraction of sp³-hybridized carbons (Fsp3) is 0.500. The first-order valence-corrected chi connectivity index (χ1v) is 5.28. The summed E-state index contributed by atoms with van der Waals surface area (Å²) in [6.45, 7) is 2.39. The third-order valence-electron chi connectivity index (χ3n) is 2.58. The number of benzene rings is 1. The molecule has 1 nitrogen and oxygen atoms in total. The minimum absolute atomic E-state index is 0.0727. The lowest BCUT2D eigenvalue weighted by atomic mass is 9.92. The van der Waals surface area contributed by atoms with Gasteiger partial charge in [0, 0.05) is 0 Å². The van der Waals surface area contributed by atoms with Crippen LogP contribution in [0.5, 0.6) is 0 Å². The molecule has 1 atom stereocenters. The summed E-state index contributed by atoms with van der Waals surface area (Å²) in [5.41, 5.74) is 6.53. The van der Waals surface area contributed by atoms with Crippen molar-refractivity contribution in [2.45, 2.75) is 31.9 Å². The molecule has 0 aliphatic heterocycles. The van der Waals surface area contributed by atoms with Gasteiger partial charge in [-0.2, -0.15) is 13.2 Å². The number of hydrogen-bond acceptors (Lipinski definition) is 1. The molecule has 16 heavy (non-hydrogen) atoms. The Morgan fingerprint density at radius 2 is 1.88 bits per heavy atom. The molecule has 1 aromatic rings. The molecular weight excluding hydrogens is 215 g/mol. The highest BCUT2D eigenvalue weighted by Crippen LogP contribution is 2.28. The van der Waals surface area contributed by atoms with Crippen molar-refractivity contribution in [3.8, 4) is 0 Å². The maximum atomic E-state index is 12.3. The van der Waals surface area contributed by atoms with Crippen LogP contribution < -0.4 is 5.73 Å². The lowest BCUT2D eigenvalue weighted by Crippen LogP contribution is -2.14. The van der Waals surface area contributed by atoms with Gasteiger partial charge in [-0.15, -0.1) is 0 Å². The summed E-state index contributed by atoms with van der Waals surface area (Å²) in [5, 5.41) is 0. The van der Waals surface area contributed by atoms with E-state index in [1.165, 1.54) is 6.07 Å². The Bertz CT molecular complexity index is 333. The molecule has 4 heteroatoms. The maximum Gasteiger partial charge on any atom is 0.393 e. The normalized spacial score (nSPS) is 13.8. The van der Waals surface area contributed by atoms with Crippen molar-refractivity contribution in [1.82, 2.24) is 0 Å². The Kier molecular flexibility index (Phi) is 4.35. The second-order valence-corrected chi connectivity index (χ2v) is 3.97. The third kappa shape index (κ3) is 3.85. The van der Waals surface area contributed by atoms with Crippen LogP contribution in [0, 0.1) is 0 Å². The predicted molar refractivity (Wildman–Crippen MR) is 58.3 cm³/mol. The lowest BCUT2D eigenvalue weighted by molar-refractivity contribution is -0.127. The second kappa shape index (κ2) is 5.34. The molecule has 90 valence electrons. The van der Waals surface area contributed by atoms with Gasteiger partial charge in [0.15, 0.2) is 0 Å². The molecule has 0 aliphatic rings. The van der Waals surface area contributed by atoms with Crippen LogP contribution in [0.15, 0.2) is 24.3 Å². The van der Waals surface area contributed by atoms with E-state index in [1.54, 1.807) is 18.2 Å². The van der Waals surface area contributed by atoms with Crippen molar-refractivity contribution in [3.05, 3.63) is 35.4 Å². The van der Waals surface area contributed by atoms with E-state index in [9.17, 15) is 13.2 Å². The largest absolute Gasteiger partial charge is 0.393 e. The Morgan fingerprint density at radius 3 is 2.44 bits per heavy atom. The minimum Gasteiger partial charge on any atom is -0.330 e. The molecule has 0 saturated heterocycles. The standard InChI is InChI=1S/C12H16F3N/c1-9(6-7-16)11-5-3-2-4-10(11)8-12(13,14)15/h2-5,9H,6-8,16H2,1H3. The van der Waals surface area contributed by atoms with Gasteiger partial charge >= 0.3 is 6.18 Å². The topological polar surface area (TPSA) is 26.0 Å². The molecule has 0 aliphatic carbocycles. The van der Waals surface area contributed by atoms with Crippen molar-refractivity contribution in [1.29, 1.82) is 0 Å². The van der Waals surface area contributed by atoms with E-state index in [0.717, 1.165) is 5.56 Å². The first kappa shape index (κ1) is 13.0. The van der Waals surface area contributed by atoms with Crippen LogP contribution in [0.4, 0.5) is 13.2 Å². The molecule has 0 aromatic heterocycles. The van der Waals surface area contributed by atoms with Gasteiger partial charge in [-0.05, 0) is 30.0 Å². The fourth-order valence-electron chi connectivity index (χ4n) is 1.80. The van der Waals surface area contributed by atoms with Gasteiger partial charge in [0.1, 0.15) is 0 Å². The number of halogens is 3. The molecule has 0 amide bonds. The highest BCUT2D eigenvalue weighted by atomic mass is 19.4. The molecule has 0 fully saturated rings. The van der Waals surface area contributed by atoms with Crippen LogP contribution in [-0.4, -0.2) is 12.7 Å². The summed E-state index contributed by atoms with van der Waals surface area (Å²) in [6.07, 6.45) is -4.31. The van der Waals surface area contributed by atoms with Crippen LogP contribution in [-0.2, 0) is 6.42 Å². The minimum atomic E-state index is -4.15. The fourth-order valence-corrected chi connectivity index (χ4v) is 1.80. The highest BCUT2D eigenvalue weighted by Gasteiger charge is 2.29. The first-order chi connectivity index (χ1) is 7.44. The lowest BCUT2D eigenvalue weighted by Gasteiger charge is -2.16. The van der Waals surface area contributed by atoms with Crippen molar-refractivity contribution in [2.24, 2.45) is 5.73 Å². The van der Waals surface area contributed by atoms with E-state index in [0.29, 0.717) is 18.5 Å². The van der Waals surface area contributed by atoms with Crippen LogP contribution in [0.2, 0.25) is 0 Å². The summed E-state index contributed by atoms with van der Waals surface area (Å²) in [7, 11) is 0. The number of rotatable bonds is 4. The number of nitrogens with two attached hydrogens (primary N) is 1. The molecule has 1 rings (SSSR count). The molecule has 1 unspecified atom stereocenters. The summed E-state index contributed by atoms with van der Waals surface area (Å²) < 4.78 is 37.0. The SMILES string of the molecule is CC(CCN)c1ccccc1CC(F)(F)F.